The number of morpholine rings is 1. The molecule has 2 saturated heterocycles. The summed E-state index contributed by atoms with van der Waals surface area (Å²) in [4.78, 5) is 0.256. The van der Waals surface area contributed by atoms with E-state index in [9.17, 15) is 8.42 Å². The molecule has 2 unspecified atom stereocenters. The van der Waals surface area contributed by atoms with Crippen molar-refractivity contribution < 1.29 is 13.2 Å². The average Bonchev–Trinajstić information content (AvgIpc) is 3.13. The van der Waals surface area contributed by atoms with Gasteiger partial charge in [-0.15, -0.1) is 0 Å². The van der Waals surface area contributed by atoms with Crippen LogP contribution in [0.2, 0.25) is 0 Å². The number of rotatable bonds is 2. The Morgan fingerprint density at radius 2 is 2.26 bits per heavy atom. The molecular weight excluding hydrogens is 286 g/mol. The zero-order valence-corrected chi connectivity index (χ0v) is 11.5. The van der Waals surface area contributed by atoms with Gasteiger partial charge in [0, 0.05) is 6.54 Å². The molecular formula is C11H11N3O3S2. The van der Waals surface area contributed by atoms with E-state index in [1.807, 2.05) is 0 Å². The minimum atomic E-state index is -3.51. The van der Waals surface area contributed by atoms with Crippen LogP contribution in [0.15, 0.2) is 23.1 Å². The van der Waals surface area contributed by atoms with Gasteiger partial charge in [-0.3, -0.25) is 0 Å². The molecule has 0 saturated carbocycles. The molecule has 0 spiro atoms. The molecule has 6 nitrogen and oxygen atoms in total. The van der Waals surface area contributed by atoms with E-state index in [1.54, 1.807) is 22.5 Å². The van der Waals surface area contributed by atoms with Gasteiger partial charge in [0.15, 0.2) is 0 Å². The second kappa shape index (κ2) is 3.95. The molecule has 19 heavy (non-hydrogen) atoms. The molecule has 0 amide bonds. The number of benzene rings is 1. The molecule has 1 aromatic heterocycles. The fourth-order valence-corrected chi connectivity index (χ4v) is 5.18. The number of hydrogen-bond acceptors (Lipinski definition) is 6. The Balaban J connectivity index is 1.85. The van der Waals surface area contributed by atoms with Crippen molar-refractivity contribution in [3.05, 3.63) is 18.2 Å². The van der Waals surface area contributed by atoms with Gasteiger partial charge in [-0.2, -0.15) is 13.1 Å². The van der Waals surface area contributed by atoms with E-state index in [2.05, 4.69) is 8.75 Å². The first-order valence-corrected chi connectivity index (χ1v) is 8.18. The molecule has 0 N–H and O–H groups in total. The number of hydrogen-bond donors (Lipinski definition) is 0. The van der Waals surface area contributed by atoms with E-state index >= 15 is 0 Å². The summed E-state index contributed by atoms with van der Waals surface area (Å²) in [7, 11) is -3.51. The highest BCUT2D eigenvalue weighted by atomic mass is 32.2. The molecule has 8 heteroatoms. The van der Waals surface area contributed by atoms with Crippen LogP contribution in [-0.4, -0.2) is 46.8 Å². The van der Waals surface area contributed by atoms with Gasteiger partial charge in [0.25, 0.3) is 0 Å². The molecule has 0 aliphatic carbocycles. The number of nitrogens with zero attached hydrogens (tertiary/aromatic N) is 3. The van der Waals surface area contributed by atoms with Crippen LogP contribution in [-0.2, 0) is 14.8 Å². The Bertz CT molecular complexity index is 742. The topological polar surface area (TPSA) is 72.4 Å². The van der Waals surface area contributed by atoms with Crippen molar-refractivity contribution in [2.45, 2.75) is 23.5 Å². The van der Waals surface area contributed by atoms with Crippen LogP contribution >= 0.6 is 11.7 Å². The normalized spacial score (nSPS) is 27.4. The van der Waals surface area contributed by atoms with Crippen molar-refractivity contribution in [3.63, 3.8) is 0 Å². The molecule has 2 aliphatic rings. The third kappa shape index (κ3) is 1.64. The minimum absolute atomic E-state index is 0.0307. The highest BCUT2D eigenvalue weighted by molar-refractivity contribution is 7.89. The van der Waals surface area contributed by atoms with Gasteiger partial charge in [-0.25, -0.2) is 8.42 Å². The Kier molecular flexibility index (Phi) is 2.44. The summed E-state index contributed by atoms with van der Waals surface area (Å²) in [6, 6.07) is 5.06. The summed E-state index contributed by atoms with van der Waals surface area (Å²) in [5.74, 6) is 0. The van der Waals surface area contributed by atoms with Crippen LogP contribution in [0.5, 0.6) is 0 Å². The lowest BCUT2D eigenvalue weighted by atomic mass is 10.3. The van der Waals surface area contributed by atoms with Crippen molar-refractivity contribution in [1.29, 1.82) is 0 Å². The van der Waals surface area contributed by atoms with Gasteiger partial charge < -0.3 is 4.74 Å². The summed E-state index contributed by atoms with van der Waals surface area (Å²) < 4.78 is 40.7. The first-order valence-electron chi connectivity index (χ1n) is 6.01. The smallest absolute Gasteiger partial charge is 0.245 e. The van der Waals surface area contributed by atoms with Crippen LogP contribution in [0.25, 0.3) is 11.0 Å². The predicted molar refractivity (Wildman–Crippen MR) is 69.5 cm³/mol. The van der Waals surface area contributed by atoms with Gasteiger partial charge >= 0.3 is 0 Å². The van der Waals surface area contributed by atoms with E-state index < -0.39 is 10.0 Å². The van der Waals surface area contributed by atoms with Crippen LogP contribution in [0.3, 0.4) is 0 Å². The van der Waals surface area contributed by atoms with E-state index in [0.717, 1.165) is 18.1 Å². The highest BCUT2D eigenvalue weighted by Gasteiger charge is 2.45. The van der Waals surface area contributed by atoms with Crippen LogP contribution < -0.4 is 0 Å². The Labute approximate surface area is 114 Å². The molecule has 1 aromatic carbocycles. The summed E-state index contributed by atoms with van der Waals surface area (Å²) in [5, 5.41) is 0. The first-order chi connectivity index (χ1) is 9.16. The highest BCUT2D eigenvalue weighted by Crippen LogP contribution is 2.34. The molecule has 4 rings (SSSR count). The number of ether oxygens (including phenoxy) is 1. The predicted octanol–water partition coefficient (Wildman–Crippen LogP) is 0.853. The molecule has 100 valence electrons. The van der Waals surface area contributed by atoms with E-state index in [4.69, 9.17) is 4.74 Å². The number of aromatic nitrogens is 2. The van der Waals surface area contributed by atoms with Crippen LogP contribution in [0.1, 0.15) is 6.42 Å². The third-order valence-electron chi connectivity index (χ3n) is 3.69. The fourth-order valence-electron chi connectivity index (χ4n) is 2.77. The Hall–Kier alpha value is -1.09. The average molecular weight is 297 g/mol. The quantitative estimate of drug-likeness (QED) is 0.822. The third-order valence-corrected chi connectivity index (χ3v) is 6.18. The molecule has 2 aliphatic heterocycles. The van der Waals surface area contributed by atoms with E-state index in [1.165, 1.54) is 0 Å². The summed E-state index contributed by atoms with van der Waals surface area (Å²) in [5.41, 5.74) is 1.10. The minimum Gasteiger partial charge on any atom is -0.375 e. The fraction of sp³-hybridized carbons (Fsp3) is 0.455. The van der Waals surface area contributed by atoms with Crippen molar-refractivity contribution in [2.24, 2.45) is 0 Å². The Morgan fingerprint density at radius 1 is 1.37 bits per heavy atom. The first kappa shape index (κ1) is 11.7. The van der Waals surface area contributed by atoms with Crippen molar-refractivity contribution in [3.8, 4) is 0 Å². The molecule has 2 bridgehead atoms. The molecule has 2 atom stereocenters. The molecule has 2 fully saturated rings. The Morgan fingerprint density at radius 3 is 3.00 bits per heavy atom. The summed E-state index contributed by atoms with van der Waals surface area (Å²) in [6.07, 6.45) is 0.845. The van der Waals surface area contributed by atoms with Gasteiger partial charge in [0.2, 0.25) is 10.0 Å². The van der Waals surface area contributed by atoms with Crippen LogP contribution in [0.4, 0.5) is 0 Å². The zero-order valence-electron chi connectivity index (χ0n) is 9.89. The molecule has 0 radical (unpaired) electrons. The molecule has 3 heterocycles. The lowest BCUT2D eigenvalue weighted by molar-refractivity contribution is 0.0609. The lowest BCUT2D eigenvalue weighted by Crippen LogP contribution is -2.41. The van der Waals surface area contributed by atoms with E-state index in [0.29, 0.717) is 24.2 Å². The van der Waals surface area contributed by atoms with Gasteiger partial charge in [0.05, 0.1) is 30.5 Å². The van der Waals surface area contributed by atoms with Gasteiger partial charge in [0.1, 0.15) is 15.9 Å². The van der Waals surface area contributed by atoms with Gasteiger partial charge in [-0.05, 0) is 18.6 Å². The maximum Gasteiger partial charge on any atom is 0.245 e. The maximum atomic E-state index is 12.7. The van der Waals surface area contributed by atoms with E-state index in [-0.39, 0.29) is 17.0 Å². The van der Waals surface area contributed by atoms with Crippen LogP contribution in [0, 0.1) is 0 Å². The van der Waals surface area contributed by atoms with Crippen molar-refractivity contribution >= 4 is 32.8 Å². The number of fused-ring (bicyclic) bond motifs is 3. The monoisotopic (exact) mass is 297 g/mol. The van der Waals surface area contributed by atoms with Gasteiger partial charge in [-0.1, -0.05) is 6.07 Å². The SMILES string of the molecule is O=S(=O)(c1cccc2nsnc12)N1CC2CC1CO2. The standard InChI is InChI=1S/C11H11N3O3S2/c15-19(16,14-5-8-4-7(14)6-17-8)10-3-1-2-9-11(10)13-18-12-9/h1-3,7-8H,4-6H2. The summed E-state index contributed by atoms with van der Waals surface area (Å²) in [6.45, 7) is 0.941. The largest absolute Gasteiger partial charge is 0.375 e. The summed E-state index contributed by atoms with van der Waals surface area (Å²) >= 11 is 1.03. The molecule has 2 aromatic rings. The maximum absolute atomic E-state index is 12.7. The second-order valence-corrected chi connectivity index (χ2v) is 7.20. The van der Waals surface area contributed by atoms with Crippen molar-refractivity contribution in [1.82, 2.24) is 13.1 Å². The lowest BCUT2D eigenvalue weighted by Gasteiger charge is -2.26. The second-order valence-electron chi connectivity index (χ2n) is 4.81. The zero-order chi connectivity index (χ0) is 13.0. The number of sulfonamides is 1. The van der Waals surface area contributed by atoms with Crippen molar-refractivity contribution in [2.75, 3.05) is 13.2 Å².